The first-order chi connectivity index (χ1) is 10.0. The van der Waals surface area contributed by atoms with E-state index in [4.69, 9.17) is 4.74 Å². The second-order valence-corrected chi connectivity index (χ2v) is 4.71. The van der Waals surface area contributed by atoms with Crippen LogP contribution in [0, 0.1) is 10.1 Å². The normalized spacial score (nSPS) is 10.0. The highest BCUT2D eigenvalue weighted by atomic mass is 16.6. The average molecular weight is 287 g/mol. The van der Waals surface area contributed by atoms with E-state index in [-0.39, 0.29) is 5.69 Å². The van der Waals surface area contributed by atoms with E-state index in [0.717, 1.165) is 11.4 Å². The topological polar surface area (TPSA) is 67.6 Å². The Labute approximate surface area is 123 Å². The number of nitrogens with zero attached hydrogens (tertiary/aromatic N) is 2. The lowest BCUT2D eigenvalue weighted by atomic mass is 10.2. The molecule has 110 valence electrons. The summed E-state index contributed by atoms with van der Waals surface area (Å²) in [5, 5.41) is 14.1. The first-order valence-corrected chi connectivity index (χ1v) is 6.38. The van der Waals surface area contributed by atoms with Crippen LogP contribution in [0.2, 0.25) is 0 Å². The Morgan fingerprint density at radius 2 is 1.81 bits per heavy atom. The average Bonchev–Trinajstić information content (AvgIpc) is 2.47. The largest absolute Gasteiger partial charge is 0.497 e. The number of nitro benzene ring substituents is 1. The van der Waals surface area contributed by atoms with E-state index in [1.807, 2.05) is 43.3 Å². The SMILES string of the molecule is COc1ccc([N+](=O)[O-])c(Nc2ccc(N(C)C)cc2)c1. The van der Waals surface area contributed by atoms with Crippen LogP contribution in [0.25, 0.3) is 0 Å². The number of hydrogen-bond donors (Lipinski definition) is 1. The second-order valence-electron chi connectivity index (χ2n) is 4.71. The smallest absolute Gasteiger partial charge is 0.292 e. The molecule has 0 aliphatic heterocycles. The molecule has 0 unspecified atom stereocenters. The van der Waals surface area contributed by atoms with Crippen molar-refractivity contribution in [3.8, 4) is 5.75 Å². The predicted molar refractivity (Wildman–Crippen MR) is 83.7 cm³/mol. The summed E-state index contributed by atoms with van der Waals surface area (Å²) < 4.78 is 5.11. The summed E-state index contributed by atoms with van der Waals surface area (Å²) in [6.45, 7) is 0. The molecule has 0 aromatic heterocycles. The van der Waals surface area contributed by atoms with Gasteiger partial charge in [0, 0.05) is 37.6 Å². The highest BCUT2D eigenvalue weighted by molar-refractivity contribution is 5.72. The molecule has 0 aliphatic rings. The van der Waals surface area contributed by atoms with Gasteiger partial charge in [-0.2, -0.15) is 0 Å². The zero-order valence-corrected chi connectivity index (χ0v) is 12.2. The summed E-state index contributed by atoms with van der Waals surface area (Å²) in [5.41, 5.74) is 2.24. The highest BCUT2D eigenvalue weighted by Gasteiger charge is 2.14. The van der Waals surface area contributed by atoms with Crippen LogP contribution >= 0.6 is 0 Å². The Morgan fingerprint density at radius 3 is 2.33 bits per heavy atom. The lowest BCUT2D eigenvalue weighted by Crippen LogP contribution is -2.08. The van der Waals surface area contributed by atoms with Gasteiger partial charge in [0.15, 0.2) is 0 Å². The number of benzene rings is 2. The summed E-state index contributed by atoms with van der Waals surface area (Å²) in [7, 11) is 5.43. The van der Waals surface area contributed by atoms with Gasteiger partial charge in [-0.1, -0.05) is 0 Å². The predicted octanol–water partition coefficient (Wildman–Crippen LogP) is 3.41. The fourth-order valence-corrected chi connectivity index (χ4v) is 1.90. The van der Waals surface area contributed by atoms with Crippen molar-refractivity contribution in [2.45, 2.75) is 0 Å². The van der Waals surface area contributed by atoms with Gasteiger partial charge in [0.1, 0.15) is 11.4 Å². The molecule has 0 atom stereocenters. The Kier molecular flexibility index (Phi) is 4.27. The Morgan fingerprint density at radius 1 is 1.14 bits per heavy atom. The Bertz CT molecular complexity index is 639. The number of methoxy groups -OCH3 is 1. The van der Waals surface area contributed by atoms with Crippen LogP contribution < -0.4 is 15.0 Å². The number of nitrogens with one attached hydrogen (secondary N) is 1. The van der Waals surface area contributed by atoms with Gasteiger partial charge in [-0.05, 0) is 30.3 Å². The van der Waals surface area contributed by atoms with Crippen molar-refractivity contribution in [1.29, 1.82) is 0 Å². The molecule has 0 spiro atoms. The zero-order chi connectivity index (χ0) is 15.4. The molecule has 2 aromatic carbocycles. The van der Waals surface area contributed by atoms with Crippen molar-refractivity contribution >= 4 is 22.7 Å². The van der Waals surface area contributed by atoms with Gasteiger partial charge in [0.05, 0.1) is 12.0 Å². The zero-order valence-electron chi connectivity index (χ0n) is 12.2. The summed E-state index contributed by atoms with van der Waals surface area (Å²) in [6, 6.07) is 12.2. The molecule has 2 rings (SSSR count). The standard InChI is InChI=1S/C15H17N3O3/c1-17(2)12-6-4-11(5-7-12)16-14-10-13(21-3)8-9-15(14)18(19)20/h4-10,16H,1-3H3. The maximum Gasteiger partial charge on any atom is 0.292 e. The third-order valence-electron chi connectivity index (χ3n) is 3.06. The van der Waals surface area contributed by atoms with Gasteiger partial charge >= 0.3 is 0 Å². The van der Waals surface area contributed by atoms with Crippen molar-refractivity contribution in [2.24, 2.45) is 0 Å². The van der Waals surface area contributed by atoms with Gasteiger partial charge in [0.2, 0.25) is 0 Å². The minimum Gasteiger partial charge on any atom is -0.497 e. The van der Waals surface area contributed by atoms with E-state index >= 15 is 0 Å². The third kappa shape index (κ3) is 3.42. The molecule has 0 amide bonds. The van der Waals surface area contributed by atoms with E-state index in [0.29, 0.717) is 11.4 Å². The van der Waals surface area contributed by atoms with Crippen LogP contribution in [0.3, 0.4) is 0 Å². The Balaban J connectivity index is 2.31. The molecule has 0 saturated carbocycles. The minimum atomic E-state index is -0.421. The first-order valence-electron chi connectivity index (χ1n) is 6.38. The second kappa shape index (κ2) is 6.13. The van der Waals surface area contributed by atoms with E-state index < -0.39 is 4.92 Å². The molecular formula is C15H17N3O3. The van der Waals surface area contributed by atoms with Crippen molar-refractivity contribution in [3.63, 3.8) is 0 Å². The summed E-state index contributed by atoms with van der Waals surface area (Å²) in [6.07, 6.45) is 0. The molecule has 0 radical (unpaired) electrons. The van der Waals surface area contributed by atoms with Gasteiger partial charge in [-0.25, -0.2) is 0 Å². The molecule has 6 nitrogen and oxygen atoms in total. The molecule has 0 fully saturated rings. The number of hydrogen-bond acceptors (Lipinski definition) is 5. The van der Waals surface area contributed by atoms with Crippen LogP contribution in [-0.2, 0) is 0 Å². The monoisotopic (exact) mass is 287 g/mol. The molecular weight excluding hydrogens is 270 g/mol. The van der Waals surface area contributed by atoms with Crippen molar-refractivity contribution < 1.29 is 9.66 Å². The molecule has 2 aromatic rings. The van der Waals surface area contributed by atoms with E-state index in [1.165, 1.54) is 13.2 Å². The van der Waals surface area contributed by atoms with Crippen LogP contribution in [0.1, 0.15) is 0 Å². The summed E-state index contributed by atoms with van der Waals surface area (Å²) in [5.74, 6) is 0.563. The fourth-order valence-electron chi connectivity index (χ4n) is 1.90. The van der Waals surface area contributed by atoms with Crippen molar-refractivity contribution in [2.75, 3.05) is 31.4 Å². The minimum absolute atomic E-state index is 0.00693. The quantitative estimate of drug-likeness (QED) is 0.674. The van der Waals surface area contributed by atoms with Crippen LogP contribution in [0.4, 0.5) is 22.7 Å². The van der Waals surface area contributed by atoms with E-state index in [2.05, 4.69) is 5.32 Å². The molecule has 21 heavy (non-hydrogen) atoms. The highest BCUT2D eigenvalue weighted by Crippen LogP contribution is 2.31. The van der Waals surface area contributed by atoms with Crippen molar-refractivity contribution in [1.82, 2.24) is 0 Å². The number of nitro groups is 1. The number of ether oxygens (including phenoxy) is 1. The van der Waals surface area contributed by atoms with Gasteiger partial charge < -0.3 is 15.0 Å². The van der Waals surface area contributed by atoms with Crippen molar-refractivity contribution in [3.05, 3.63) is 52.6 Å². The van der Waals surface area contributed by atoms with Gasteiger partial charge in [-0.3, -0.25) is 10.1 Å². The maximum absolute atomic E-state index is 11.1. The molecule has 0 bridgehead atoms. The maximum atomic E-state index is 11.1. The molecule has 6 heteroatoms. The molecule has 0 aliphatic carbocycles. The van der Waals surface area contributed by atoms with E-state index in [9.17, 15) is 10.1 Å². The van der Waals surface area contributed by atoms with Crippen LogP contribution in [-0.4, -0.2) is 26.1 Å². The Hall–Kier alpha value is -2.76. The third-order valence-corrected chi connectivity index (χ3v) is 3.06. The molecule has 1 N–H and O–H groups in total. The molecule has 0 saturated heterocycles. The summed E-state index contributed by atoms with van der Waals surface area (Å²) in [4.78, 5) is 12.6. The molecule has 0 heterocycles. The number of rotatable bonds is 5. The van der Waals surface area contributed by atoms with Crippen LogP contribution in [0.5, 0.6) is 5.75 Å². The van der Waals surface area contributed by atoms with Gasteiger partial charge in [-0.15, -0.1) is 0 Å². The fraction of sp³-hybridized carbons (Fsp3) is 0.200. The van der Waals surface area contributed by atoms with E-state index in [1.54, 1.807) is 12.1 Å². The van der Waals surface area contributed by atoms with Crippen LogP contribution in [0.15, 0.2) is 42.5 Å². The summed E-state index contributed by atoms with van der Waals surface area (Å²) >= 11 is 0. The van der Waals surface area contributed by atoms with Gasteiger partial charge in [0.25, 0.3) is 5.69 Å². The lowest BCUT2D eigenvalue weighted by Gasteiger charge is -2.13. The lowest BCUT2D eigenvalue weighted by molar-refractivity contribution is -0.383. The first kappa shape index (κ1) is 14.6. The number of anilines is 3.